The number of benzene rings is 1. The Kier molecular flexibility index (Phi) is 4.75. The third-order valence-corrected chi connectivity index (χ3v) is 5.25. The molecule has 1 aliphatic rings. The highest BCUT2D eigenvalue weighted by molar-refractivity contribution is 7.89. The third-order valence-electron chi connectivity index (χ3n) is 3.52. The Hall–Kier alpha value is -1.31. The first-order valence-electron chi connectivity index (χ1n) is 7.03. The van der Waals surface area contributed by atoms with Gasteiger partial charge in [-0.05, 0) is 18.6 Å². The van der Waals surface area contributed by atoms with E-state index in [1.807, 2.05) is 6.92 Å². The fourth-order valence-corrected chi connectivity index (χ4v) is 3.85. The van der Waals surface area contributed by atoms with Gasteiger partial charge in [0.15, 0.2) is 0 Å². The molecule has 3 N–H and O–H groups in total. The van der Waals surface area contributed by atoms with E-state index in [1.54, 1.807) is 24.3 Å². The Bertz CT molecular complexity index is 582. The first-order chi connectivity index (χ1) is 9.85. The maximum atomic E-state index is 12.1. The molecule has 0 amide bonds. The zero-order valence-corrected chi connectivity index (χ0v) is 13.0. The molecule has 1 aromatic rings. The van der Waals surface area contributed by atoms with Crippen molar-refractivity contribution in [2.45, 2.75) is 25.4 Å². The van der Waals surface area contributed by atoms with Crippen molar-refractivity contribution in [2.24, 2.45) is 0 Å². The van der Waals surface area contributed by atoms with Crippen LogP contribution < -0.4 is 10.5 Å². The number of sulfonamides is 1. The Morgan fingerprint density at radius 3 is 2.76 bits per heavy atom. The average Bonchev–Trinajstić information content (AvgIpc) is 2.36. The molecule has 0 radical (unpaired) electrons. The molecule has 0 atom stereocenters. The van der Waals surface area contributed by atoms with Crippen molar-refractivity contribution in [1.29, 1.82) is 0 Å². The molecule has 21 heavy (non-hydrogen) atoms. The number of anilines is 1. The van der Waals surface area contributed by atoms with E-state index in [4.69, 9.17) is 10.5 Å². The molecule has 0 spiro atoms. The van der Waals surface area contributed by atoms with Gasteiger partial charge in [0.1, 0.15) is 12.4 Å². The minimum absolute atomic E-state index is 0.0640. The summed E-state index contributed by atoms with van der Waals surface area (Å²) in [6, 6.07) is 6.86. The van der Waals surface area contributed by atoms with Crippen molar-refractivity contribution < 1.29 is 18.3 Å². The zero-order valence-electron chi connectivity index (χ0n) is 12.2. The largest absolute Gasteiger partial charge is 0.492 e. The molecule has 0 aromatic heterocycles. The molecular weight excluding hydrogens is 292 g/mol. The summed E-state index contributed by atoms with van der Waals surface area (Å²) in [4.78, 5) is 0. The zero-order chi connectivity index (χ0) is 15.5. The molecule has 1 aromatic carbocycles. The fraction of sp³-hybridized carbons (Fsp3) is 0.571. The summed E-state index contributed by atoms with van der Waals surface area (Å²) < 4.78 is 30.8. The highest BCUT2D eigenvalue weighted by Gasteiger charge is 2.45. The molecule has 1 heterocycles. The molecule has 0 aliphatic carbocycles. The van der Waals surface area contributed by atoms with Gasteiger partial charge in [-0.25, -0.2) is 8.42 Å². The van der Waals surface area contributed by atoms with Gasteiger partial charge in [-0.3, -0.25) is 0 Å². The van der Waals surface area contributed by atoms with Crippen LogP contribution in [0.1, 0.15) is 19.8 Å². The highest BCUT2D eigenvalue weighted by Crippen LogP contribution is 2.28. The number of rotatable bonds is 7. The maximum Gasteiger partial charge on any atom is 0.217 e. The first kappa shape index (κ1) is 16.1. The Morgan fingerprint density at radius 1 is 1.43 bits per heavy atom. The summed E-state index contributed by atoms with van der Waals surface area (Å²) in [5, 5.41) is 10.0. The highest BCUT2D eigenvalue weighted by atomic mass is 32.2. The van der Waals surface area contributed by atoms with Gasteiger partial charge in [0.2, 0.25) is 10.0 Å². The van der Waals surface area contributed by atoms with Gasteiger partial charge >= 0.3 is 0 Å². The Morgan fingerprint density at radius 2 is 2.14 bits per heavy atom. The summed E-state index contributed by atoms with van der Waals surface area (Å²) in [5.74, 6) is 0.445. The molecule has 0 bridgehead atoms. The van der Waals surface area contributed by atoms with E-state index in [0.717, 1.165) is 6.42 Å². The molecule has 118 valence electrons. The standard InChI is InChI=1S/C14H22N2O4S/c1-2-6-14(17)10-16(11-14)21(18,19)8-7-20-13-5-3-4-12(15)9-13/h3-5,9,17H,2,6-8,10-11,15H2,1H3. The number of ether oxygens (including phenoxy) is 1. The van der Waals surface area contributed by atoms with Crippen LogP contribution in [0.3, 0.4) is 0 Å². The minimum Gasteiger partial charge on any atom is -0.492 e. The van der Waals surface area contributed by atoms with Crippen molar-refractivity contribution in [1.82, 2.24) is 4.31 Å². The molecule has 1 aliphatic heterocycles. The molecule has 0 saturated carbocycles. The smallest absolute Gasteiger partial charge is 0.217 e. The van der Waals surface area contributed by atoms with Gasteiger partial charge in [0.25, 0.3) is 0 Å². The second-order valence-corrected chi connectivity index (χ2v) is 7.57. The molecule has 1 fully saturated rings. The number of nitrogen functional groups attached to an aromatic ring is 1. The van der Waals surface area contributed by atoms with Crippen LogP contribution in [0.4, 0.5) is 5.69 Å². The van der Waals surface area contributed by atoms with Gasteiger partial charge in [0, 0.05) is 24.8 Å². The van der Waals surface area contributed by atoms with Crippen molar-refractivity contribution >= 4 is 15.7 Å². The number of β-amino-alcohol motifs (C(OH)–C–C–N with tert-alkyl or cyclic N) is 1. The summed E-state index contributed by atoms with van der Waals surface area (Å²) >= 11 is 0. The summed E-state index contributed by atoms with van der Waals surface area (Å²) in [6.45, 7) is 2.39. The van der Waals surface area contributed by atoms with Crippen molar-refractivity contribution in [2.75, 3.05) is 31.2 Å². The lowest BCUT2D eigenvalue weighted by Gasteiger charge is -2.45. The maximum absolute atomic E-state index is 12.1. The lowest BCUT2D eigenvalue weighted by Crippen LogP contribution is -2.63. The first-order valence-corrected chi connectivity index (χ1v) is 8.64. The van der Waals surface area contributed by atoms with Crippen molar-refractivity contribution in [3.63, 3.8) is 0 Å². The van der Waals surface area contributed by atoms with Gasteiger partial charge in [-0.2, -0.15) is 4.31 Å². The SMILES string of the molecule is CCCC1(O)CN(S(=O)(=O)CCOc2cccc(N)c2)C1. The summed E-state index contributed by atoms with van der Waals surface area (Å²) in [7, 11) is -3.38. The molecule has 0 unspecified atom stereocenters. The van der Waals surface area contributed by atoms with E-state index in [1.165, 1.54) is 4.31 Å². The average molecular weight is 314 g/mol. The quantitative estimate of drug-likeness (QED) is 0.727. The summed E-state index contributed by atoms with van der Waals surface area (Å²) in [5.41, 5.74) is 5.34. The van der Waals surface area contributed by atoms with Crippen LogP contribution in [0, 0.1) is 0 Å². The number of nitrogens with zero attached hydrogens (tertiary/aromatic N) is 1. The van der Waals surface area contributed by atoms with E-state index in [9.17, 15) is 13.5 Å². The van der Waals surface area contributed by atoms with E-state index < -0.39 is 15.6 Å². The van der Waals surface area contributed by atoms with Crippen molar-refractivity contribution in [3.05, 3.63) is 24.3 Å². The molecular formula is C14H22N2O4S. The second kappa shape index (κ2) is 6.21. The second-order valence-electron chi connectivity index (χ2n) is 5.48. The molecule has 6 nitrogen and oxygen atoms in total. The van der Waals surface area contributed by atoms with Crippen LogP contribution in [-0.2, 0) is 10.0 Å². The van der Waals surface area contributed by atoms with E-state index in [0.29, 0.717) is 17.9 Å². The minimum atomic E-state index is -3.38. The van der Waals surface area contributed by atoms with Gasteiger partial charge in [0.05, 0.1) is 11.4 Å². The monoisotopic (exact) mass is 314 g/mol. The van der Waals surface area contributed by atoms with Gasteiger partial charge in [-0.1, -0.05) is 19.4 Å². The van der Waals surface area contributed by atoms with Gasteiger partial charge < -0.3 is 15.6 Å². The van der Waals surface area contributed by atoms with E-state index >= 15 is 0 Å². The van der Waals surface area contributed by atoms with Crippen LogP contribution in [0.25, 0.3) is 0 Å². The summed E-state index contributed by atoms with van der Waals surface area (Å²) in [6.07, 6.45) is 1.46. The fourth-order valence-electron chi connectivity index (χ4n) is 2.43. The van der Waals surface area contributed by atoms with Crippen molar-refractivity contribution in [3.8, 4) is 5.75 Å². The number of nitrogens with two attached hydrogens (primary N) is 1. The predicted molar refractivity (Wildman–Crippen MR) is 81.6 cm³/mol. The number of hydrogen-bond acceptors (Lipinski definition) is 5. The topological polar surface area (TPSA) is 92.9 Å². The van der Waals surface area contributed by atoms with Crippen LogP contribution in [0.5, 0.6) is 5.75 Å². The molecule has 2 rings (SSSR count). The van der Waals surface area contributed by atoms with Gasteiger partial charge in [-0.15, -0.1) is 0 Å². The van der Waals surface area contributed by atoms with E-state index in [2.05, 4.69) is 0 Å². The van der Waals surface area contributed by atoms with Crippen LogP contribution in [0.15, 0.2) is 24.3 Å². The predicted octanol–water partition coefficient (Wildman–Crippen LogP) is 0.824. The lowest BCUT2D eigenvalue weighted by molar-refractivity contribution is -0.0653. The lowest BCUT2D eigenvalue weighted by atomic mass is 9.92. The van der Waals surface area contributed by atoms with Crippen LogP contribution in [-0.4, -0.2) is 48.9 Å². The van der Waals surface area contributed by atoms with Crippen LogP contribution in [0.2, 0.25) is 0 Å². The Labute approximate surface area is 125 Å². The van der Waals surface area contributed by atoms with Crippen LogP contribution >= 0.6 is 0 Å². The molecule has 7 heteroatoms. The number of aliphatic hydroxyl groups is 1. The third kappa shape index (κ3) is 4.09. The van der Waals surface area contributed by atoms with E-state index in [-0.39, 0.29) is 25.4 Å². The molecule has 1 saturated heterocycles. The Balaban J connectivity index is 1.80. The normalized spacial score (nSPS) is 18.2. The number of hydrogen-bond donors (Lipinski definition) is 2.